The number of amides is 1. The maximum absolute atomic E-state index is 12.6. The second-order valence-corrected chi connectivity index (χ2v) is 10.8. The molecule has 29 heavy (non-hydrogen) atoms. The van der Waals surface area contributed by atoms with Crippen molar-refractivity contribution in [3.05, 3.63) is 33.7 Å². The Kier molecular flexibility index (Phi) is 5.76. The first kappa shape index (κ1) is 20.5. The quantitative estimate of drug-likeness (QED) is 0.728. The van der Waals surface area contributed by atoms with Crippen molar-refractivity contribution in [3.8, 4) is 0 Å². The van der Waals surface area contributed by atoms with Crippen LogP contribution in [0.1, 0.15) is 71.1 Å². The molecule has 1 amide bonds. The molecule has 0 aliphatic carbocycles. The Hall–Kier alpha value is -1.78. The molecule has 0 unspecified atom stereocenters. The van der Waals surface area contributed by atoms with E-state index in [-0.39, 0.29) is 17.9 Å². The summed E-state index contributed by atoms with van der Waals surface area (Å²) in [6.07, 6.45) is 5.24. The summed E-state index contributed by atoms with van der Waals surface area (Å²) in [5.74, 6) is 1.12. The lowest BCUT2D eigenvalue weighted by atomic mass is 9.96. The smallest absolute Gasteiger partial charge is 0.263 e. The van der Waals surface area contributed by atoms with Crippen molar-refractivity contribution in [2.24, 2.45) is 0 Å². The van der Waals surface area contributed by atoms with Crippen LogP contribution >= 0.6 is 11.3 Å². The van der Waals surface area contributed by atoms with E-state index in [1.54, 1.807) is 0 Å². The molecule has 4 rings (SSSR count). The predicted molar refractivity (Wildman–Crippen MR) is 109 cm³/mol. The lowest BCUT2D eigenvalue weighted by molar-refractivity contribution is 0.0710. The number of thiophene rings is 1. The molecule has 158 valence electrons. The molecule has 2 aliphatic rings. The molecule has 0 radical (unpaired) electrons. The molecule has 2 aromatic heterocycles. The first-order valence-corrected chi connectivity index (χ1v) is 12.7. The molecule has 4 heterocycles. The minimum atomic E-state index is -3.32. The lowest BCUT2D eigenvalue weighted by Gasteiger charge is -2.31. The number of carbonyl (C=O) groups excluding carboxylic acids is 1. The van der Waals surface area contributed by atoms with E-state index in [1.165, 1.54) is 21.9 Å². The van der Waals surface area contributed by atoms with Gasteiger partial charge in [-0.25, -0.2) is 8.42 Å². The van der Waals surface area contributed by atoms with E-state index in [1.807, 2.05) is 23.3 Å². The topological polar surface area (TPSA) is 96.6 Å². The second kappa shape index (κ2) is 8.16. The van der Waals surface area contributed by atoms with E-state index in [0.29, 0.717) is 37.8 Å². The number of carbonyl (C=O) groups is 1. The van der Waals surface area contributed by atoms with Gasteiger partial charge < -0.3 is 9.32 Å². The Morgan fingerprint density at radius 3 is 2.52 bits per heavy atom. The van der Waals surface area contributed by atoms with Gasteiger partial charge in [0.25, 0.3) is 5.91 Å². The number of hydrogen-bond acceptors (Lipinski definition) is 7. The largest absolute Gasteiger partial charge is 0.423 e. The van der Waals surface area contributed by atoms with Crippen molar-refractivity contribution in [2.45, 2.75) is 51.0 Å². The average Bonchev–Trinajstić information content (AvgIpc) is 3.36. The first-order valence-electron chi connectivity index (χ1n) is 9.97. The van der Waals surface area contributed by atoms with Crippen molar-refractivity contribution in [1.29, 1.82) is 0 Å². The zero-order chi connectivity index (χ0) is 20.6. The van der Waals surface area contributed by atoms with Crippen LogP contribution in [-0.4, -0.2) is 59.6 Å². The molecule has 0 spiro atoms. The Balaban J connectivity index is 1.41. The van der Waals surface area contributed by atoms with Crippen molar-refractivity contribution >= 4 is 27.3 Å². The zero-order valence-corrected chi connectivity index (χ0v) is 18.3. The molecule has 2 aromatic rings. The van der Waals surface area contributed by atoms with Gasteiger partial charge in [-0.1, -0.05) is 6.42 Å². The molecular weight excluding hydrogens is 412 g/mol. The van der Waals surface area contributed by atoms with Gasteiger partial charge in [0.1, 0.15) is 6.04 Å². The summed E-state index contributed by atoms with van der Waals surface area (Å²) in [6, 6.07) is 1.56. The number of nitrogens with zero attached hydrogens (tertiary/aromatic N) is 4. The van der Waals surface area contributed by atoms with Gasteiger partial charge in [0.05, 0.1) is 11.1 Å². The highest BCUT2D eigenvalue weighted by atomic mass is 32.2. The van der Waals surface area contributed by atoms with Crippen LogP contribution in [0.15, 0.2) is 15.9 Å². The number of likely N-dealkylation sites (tertiary alicyclic amines) is 1. The summed E-state index contributed by atoms with van der Waals surface area (Å²) in [6.45, 7) is 3.78. The normalized spacial score (nSPS) is 22.1. The number of hydrogen-bond donors (Lipinski definition) is 0. The lowest BCUT2D eigenvalue weighted by Crippen LogP contribution is -2.38. The number of rotatable bonds is 4. The van der Waals surface area contributed by atoms with Crippen LogP contribution in [0.3, 0.4) is 0 Å². The van der Waals surface area contributed by atoms with Gasteiger partial charge in [0, 0.05) is 25.6 Å². The second-order valence-electron chi connectivity index (χ2n) is 7.92. The highest BCUT2D eigenvalue weighted by molar-refractivity contribution is 7.88. The maximum Gasteiger partial charge on any atom is 0.263 e. The number of piperidine rings is 2. The van der Waals surface area contributed by atoms with Gasteiger partial charge in [0.2, 0.25) is 21.8 Å². The van der Waals surface area contributed by atoms with E-state index in [0.717, 1.165) is 36.1 Å². The minimum Gasteiger partial charge on any atom is -0.423 e. The van der Waals surface area contributed by atoms with Crippen molar-refractivity contribution in [3.63, 3.8) is 0 Å². The van der Waals surface area contributed by atoms with Gasteiger partial charge in [-0.15, -0.1) is 21.5 Å². The van der Waals surface area contributed by atoms with Crippen LogP contribution < -0.4 is 0 Å². The Labute approximate surface area is 175 Å². The maximum atomic E-state index is 12.6. The van der Waals surface area contributed by atoms with Crippen molar-refractivity contribution in [1.82, 2.24) is 19.4 Å². The van der Waals surface area contributed by atoms with E-state index in [4.69, 9.17) is 4.42 Å². The molecular formula is C19H26N4O4S2. The van der Waals surface area contributed by atoms with Crippen molar-refractivity contribution < 1.29 is 17.6 Å². The highest BCUT2D eigenvalue weighted by Gasteiger charge is 2.35. The molecule has 2 aliphatic heterocycles. The molecule has 0 aromatic carbocycles. The molecule has 0 saturated carbocycles. The van der Waals surface area contributed by atoms with Crippen LogP contribution in [0.4, 0.5) is 0 Å². The van der Waals surface area contributed by atoms with Crippen LogP contribution in [0.2, 0.25) is 0 Å². The SMILES string of the molecule is Cc1csc(C(=O)N2CCC(c3nnc([C@H]4CCCCN4S(C)(=O)=O)o3)CC2)c1. The number of aromatic nitrogens is 2. The van der Waals surface area contributed by atoms with Crippen LogP contribution in [0.25, 0.3) is 0 Å². The summed E-state index contributed by atoms with van der Waals surface area (Å²) in [5, 5.41) is 10.4. The third-order valence-corrected chi connectivity index (χ3v) is 8.02. The predicted octanol–water partition coefficient (Wildman–Crippen LogP) is 2.95. The van der Waals surface area contributed by atoms with Crippen LogP contribution in [0, 0.1) is 6.92 Å². The Morgan fingerprint density at radius 1 is 1.14 bits per heavy atom. The molecule has 2 saturated heterocycles. The molecule has 10 heteroatoms. The summed E-state index contributed by atoms with van der Waals surface area (Å²) < 4.78 is 31.6. The monoisotopic (exact) mass is 438 g/mol. The molecule has 2 fully saturated rings. The molecule has 0 N–H and O–H groups in total. The van der Waals surface area contributed by atoms with Gasteiger partial charge >= 0.3 is 0 Å². The number of aryl methyl sites for hydroxylation is 1. The summed E-state index contributed by atoms with van der Waals surface area (Å²) in [4.78, 5) is 15.3. The van der Waals surface area contributed by atoms with Gasteiger partial charge in [-0.05, 0) is 49.6 Å². The fraction of sp³-hybridized carbons (Fsp3) is 0.632. The third-order valence-electron chi connectivity index (χ3n) is 5.69. The Bertz CT molecular complexity index is 976. The average molecular weight is 439 g/mol. The van der Waals surface area contributed by atoms with Gasteiger partial charge in [-0.2, -0.15) is 4.31 Å². The van der Waals surface area contributed by atoms with E-state index < -0.39 is 10.0 Å². The van der Waals surface area contributed by atoms with Crippen LogP contribution in [0.5, 0.6) is 0 Å². The first-order chi connectivity index (χ1) is 13.8. The van der Waals surface area contributed by atoms with Gasteiger partial charge in [-0.3, -0.25) is 4.79 Å². The third kappa shape index (κ3) is 4.39. The fourth-order valence-electron chi connectivity index (χ4n) is 4.12. The molecule has 8 nitrogen and oxygen atoms in total. The van der Waals surface area contributed by atoms with E-state index >= 15 is 0 Å². The summed E-state index contributed by atoms with van der Waals surface area (Å²) in [7, 11) is -3.32. The van der Waals surface area contributed by atoms with E-state index in [2.05, 4.69) is 10.2 Å². The molecule has 1 atom stereocenters. The summed E-state index contributed by atoms with van der Waals surface area (Å²) in [5.41, 5.74) is 1.11. The van der Waals surface area contributed by atoms with E-state index in [9.17, 15) is 13.2 Å². The molecule has 0 bridgehead atoms. The summed E-state index contributed by atoms with van der Waals surface area (Å²) >= 11 is 1.48. The minimum absolute atomic E-state index is 0.0822. The zero-order valence-electron chi connectivity index (χ0n) is 16.7. The Morgan fingerprint density at radius 2 is 1.86 bits per heavy atom. The van der Waals surface area contributed by atoms with Crippen LogP contribution in [-0.2, 0) is 10.0 Å². The fourth-order valence-corrected chi connectivity index (χ4v) is 6.11. The number of sulfonamides is 1. The van der Waals surface area contributed by atoms with Crippen molar-refractivity contribution in [2.75, 3.05) is 25.9 Å². The standard InChI is InChI=1S/C19H26N4O4S2/c1-13-11-16(28-12-13)19(24)22-9-6-14(7-10-22)17-20-21-18(27-17)15-5-3-4-8-23(15)29(2,25)26/h11-12,14-15H,3-10H2,1-2H3/t15-/m1/s1. The highest BCUT2D eigenvalue weighted by Crippen LogP contribution is 2.34. The van der Waals surface area contributed by atoms with Gasteiger partial charge in [0.15, 0.2) is 0 Å².